The molecule has 2 atom stereocenters. The van der Waals surface area contributed by atoms with Gasteiger partial charge in [0.05, 0.1) is 18.3 Å². The van der Waals surface area contributed by atoms with Crippen molar-refractivity contribution in [3.63, 3.8) is 0 Å². The van der Waals surface area contributed by atoms with Crippen molar-refractivity contribution in [3.05, 3.63) is 17.0 Å². The molecule has 1 aliphatic rings. The Labute approximate surface area is 103 Å². The molecule has 0 aromatic carbocycles. The van der Waals surface area contributed by atoms with Crippen molar-refractivity contribution in [1.29, 1.82) is 0 Å². The molecule has 1 fully saturated rings. The van der Waals surface area contributed by atoms with Gasteiger partial charge in [-0.05, 0) is 40.7 Å². The van der Waals surface area contributed by atoms with Crippen LogP contribution in [0.25, 0.3) is 0 Å². The summed E-state index contributed by atoms with van der Waals surface area (Å²) in [5.74, 6) is 0. The Morgan fingerprint density at radius 3 is 2.88 bits per heavy atom. The number of ether oxygens (including phenoxy) is 1. The van der Waals surface area contributed by atoms with Gasteiger partial charge in [-0.25, -0.2) is 0 Å². The molecule has 1 aliphatic heterocycles. The summed E-state index contributed by atoms with van der Waals surface area (Å²) in [6.07, 6.45) is 2.70. The molecule has 1 aromatic heterocycles. The van der Waals surface area contributed by atoms with E-state index in [2.05, 4.69) is 35.9 Å². The van der Waals surface area contributed by atoms with Crippen LogP contribution in [0.5, 0.6) is 0 Å². The number of hydrogen-bond acceptors (Lipinski definition) is 3. The molecule has 1 aromatic rings. The fourth-order valence-corrected chi connectivity index (χ4v) is 2.64. The van der Waals surface area contributed by atoms with Crippen LogP contribution in [0.1, 0.15) is 42.8 Å². The molecule has 1 N–H and O–H groups in total. The summed E-state index contributed by atoms with van der Waals surface area (Å²) in [6, 6.07) is 0.355. The third kappa shape index (κ3) is 2.53. The van der Waals surface area contributed by atoms with Gasteiger partial charge in [-0.2, -0.15) is 5.10 Å². The van der Waals surface area contributed by atoms with Gasteiger partial charge in [0.25, 0.3) is 0 Å². The van der Waals surface area contributed by atoms with E-state index in [0.29, 0.717) is 12.1 Å². The summed E-state index contributed by atoms with van der Waals surface area (Å²) in [6.45, 7) is 8.21. The van der Waals surface area contributed by atoms with Crippen molar-refractivity contribution in [2.24, 2.45) is 0 Å². The smallest absolute Gasteiger partial charge is 0.0771 e. The zero-order valence-corrected chi connectivity index (χ0v) is 11.3. The highest BCUT2D eigenvalue weighted by Gasteiger charge is 2.21. The molecule has 4 nitrogen and oxygen atoms in total. The van der Waals surface area contributed by atoms with Crippen LogP contribution in [0, 0.1) is 13.8 Å². The van der Waals surface area contributed by atoms with E-state index in [1.54, 1.807) is 0 Å². The number of rotatable bonds is 4. The van der Waals surface area contributed by atoms with Crippen molar-refractivity contribution in [2.45, 2.75) is 52.3 Å². The van der Waals surface area contributed by atoms with Crippen molar-refractivity contribution < 1.29 is 4.74 Å². The summed E-state index contributed by atoms with van der Waals surface area (Å²) < 4.78 is 7.78. The Bertz CT molecular complexity index is 380. The zero-order valence-electron chi connectivity index (χ0n) is 11.3. The predicted molar refractivity (Wildman–Crippen MR) is 68.1 cm³/mol. The van der Waals surface area contributed by atoms with E-state index < -0.39 is 0 Å². The average molecular weight is 237 g/mol. The van der Waals surface area contributed by atoms with Crippen molar-refractivity contribution in [1.82, 2.24) is 15.1 Å². The highest BCUT2D eigenvalue weighted by Crippen LogP contribution is 2.22. The maximum atomic E-state index is 5.67. The molecule has 4 heteroatoms. The van der Waals surface area contributed by atoms with E-state index >= 15 is 0 Å². The Morgan fingerprint density at radius 1 is 1.53 bits per heavy atom. The molecule has 0 saturated carbocycles. The molecule has 0 bridgehead atoms. The molecule has 1 saturated heterocycles. The Balaban J connectivity index is 2.17. The van der Waals surface area contributed by atoms with Crippen molar-refractivity contribution in [3.8, 4) is 0 Å². The van der Waals surface area contributed by atoms with Gasteiger partial charge in [0.2, 0.25) is 0 Å². The molecule has 96 valence electrons. The van der Waals surface area contributed by atoms with Crippen molar-refractivity contribution in [2.75, 3.05) is 13.7 Å². The van der Waals surface area contributed by atoms with E-state index in [9.17, 15) is 0 Å². The SMILES string of the molecule is CNC(C)c1c(C)nn(CC2CCCO2)c1C. The van der Waals surface area contributed by atoms with Gasteiger partial charge in [-0.15, -0.1) is 0 Å². The molecule has 0 aliphatic carbocycles. The molecule has 0 radical (unpaired) electrons. The minimum absolute atomic E-state index is 0.353. The predicted octanol–water partition coefficient (Wildman–Crippen LogP) is 1.96. The minimum atomic E-state index is 0.353. The summed E-state index contributed by atoms with van der Waals surface area (Å²) in [5.41, 5.74) is 3.72. The molecular weight excluding hydrogens is 214 g/mol. The monoisotopic (exact) mass is 237 g/mol. The van der Waals surface area contributed by atoms with Crippen LogP contribution in [0.3, 0.4) is 0 Å². The van der Waals surface area contributed by atoms with Gasteiger partial charge in [0, 0.05) is 23.9 Å². The van der Waals surface area contributed by atoms with Gasteiger partial charge < -0.3 is 10.1 Å². The van der Waals surface area contributed by atoms with E-state index in [0.717, 1.165) is 25.3 Å². The molecule has 0 amide bonds. The quantitative estimate of drug-likeness (QED) is 0.870. The lowest BCUT2D eigenvalue weighted by molar-refractivity contribution is 0.0933. The maximum Gasteiger partial charge on any atom is 0.0771 e. The normalized spacial score (nSPS) is 22.0. The summed E-state index contributed by atoms with van der Waals surface area (Å²) in [7, 11) is 1.99. The number of nitrogens with one attached hydrogen (secondary N) is 1. The van der Waals surface area contributed by atoms with Gasteiger partial charge in [-0.3, -0.25) is 4.68 Å². The van der Waals surface area contributed by atoms with Crippen LogP contribution in [0.15, 0.2) is 0 Å². The van der Waals surface area contributed by atoms with Crippen molar-refractivity contribution >= 4 is 0 Å². The second-order valence-electron chi connectivity index (χ2n) is 4.91. The molecular formula is C13H23N3O. The Morgan fingerprint density at radius 2 is 2.29 bits per heavy atom. The lowest BCUT2D eigenvalue weighted by Gasteiger charge is -2.13. The number of nitrogens with zero attached hydrogens (tertiary/aromatic N) is 2. The highest BCUT2D eigenvalue weighted by molar-refractivity contribution is 5.27. The fraction of sp³-hybridized carbons (Fsp3) is 0.769. The van der Waals surface area contributed by atoms with Crippen LogP contribution < -0.4 is 5.32 Å². The summed E-state index contributed by atoms with van der Waals surface area (Å²) in [4.78, 5) is 0. The second-order valence-corrected chi connectivity index (χ2v) is 4.91. The zero-order chi connectivity index (χ0) is 12.4. The second kappa shape index (κ2) is 5.19. The maximum absolute atomic E-state index is 5.67. The first-order valence-corrected chi connectivity index (χ1v) is 6.46. The van der Waals surface area contributed by atoms with E-state index in [1.165, 1.54) is 17.7 Å². The molecule has 2 rings (SSSR count). The Kier molecular flexibility index (Phi) is 3.84. The van der Waals surface area contributed by atoms with Gasteiger partial charge in [-0.1, -0.05) is 0 Å². The third-order valence-electron chi connectivity index (χ3n) is 3.70. The van der Waals surface area contributed by atoms with Crippen LogP contribution in [0.4, 0.5) is 0 Å². The number of aromatic nitrogens is 2. The Hall–Kier alpha value is -0.870. The first-order chi connectivity index (χ1) is 8.13. The van der Waals surface area contributed by atoms with Crippen LogP contribution >= 0.6 is 0 Å². The van der Waals surface area contributed by atoms with Crippen LogP contribution in [-0.4, -0.2) is 29.5 Å². The fourth-order valence-electron chi connectivity index (χ4n) is 2.64. The average Bonchev–Trinajstić information content (AvgIpc) is 2.89. The molecule has 17 heavy (non-hydrogen) atoms. The lowest BCUT2D eigenvalue weighted by Crippen LogP contribution is -2.18. The summed E-state index contributed by atoms with van der Waals surface area (Å²) >= 11 is 0. The van der Waals surface area contributed by atoms with Gasteiger partial charge >= 0.3 is 0 Å². The van der Waals surface area contributed by atoms with Gasteiger partial charge in [0.15, 0.2) is 0 Å². The first-order valence-electron chi connectivity index (χ1n) is 6.46. The van der Waals surface area contributed by atoms with Gasteiger partial charge in [0.1, 0.15) is 0 Å². The first kappa shape index (κ1) is 12.6. The van der Waals surface area contributed by atoms with E-state index in [-0.39, 0.29) is 0 Å². The molecule has 2 heterocycles. The number of aryl methyl sites for hydroxylation is 1. The van der Waals surface area contributed by atoms with E-state index in [1.807, 2.05) is 7.05 Å². The largest absolute Gasteiger partial charge is 0.376 e. The summed E-state index contributed by atoms with van der Waals surface area (Å²) in [5, 5.41) is 7.92. The van der Waals surface area contributed by atoms with Crippen LogP contribution in [0.2, 0.25) is 0 Å². The molecule has 0 spiro atoms. The van der Waals surface area contributed by atoms with E-state index in [4.69, 9.17) is 4.74 Å². The van der Waals surface area contributed by atoms with Crippen LogP contribution in [-0.2, 0) is 11.3 Å². The standard InChI is InChI=1S/C13H23N3O/c1-9(14-4)13-10(2)15-16(11(13)3)8-12-6-5-7-17-12/h9,12,14H,5-8H2,1-4H3. The minimum Gasteiger partial charge on any atom is -0.376 e. The molecule has 2 unspecified atom stereocenters. The lowest BCUT2D eigenvalue weighted by atomic mass is 10.1. The third-order valence-corrected chi connectivity index (χ3v) is 3.70. The highest BCUT2D eigenvalue weighted by atomic mass is 16.5. The topological polar surface area (TPSA) is 39.1 Å². The number of hydrogen-bond donors (Lipinski definition) is 1.